The quantitative estimate of drug-likeness (QED) is 0.527. The Morgan fingerprint density at radius 1 is 1.33 bits per heavy atom. The third kappa shape index (κ3) is 2.96. The van der Waals surface area contributed by atoms with Crippen molar-refractivity contribution in [3.8, 4) is 5.69 Å². The normalized spacial score (nSPS) is 17.2. The van der Waals surface area contributed by atoms with Gasteiger partial charge in [0.05, 0.1) is 30.0 Å². The average molecular weight is 424 g/mol. The summed E-state index contributed by atoms with van der Waals surface area (Å²) in [5, 5.41) is 13.1. The Morgan fingerprint density at radius 2 is 2.20 bits per heavy atom. The van der Waals surface area contributed by atoms with Gasteiger partial charge in [-0.3, -0.25) is 14.0 Å². The number of pyridine rings is 1. The second kappa shape index (κ2) is 7.22. The summed E-state index contributed by atoms with van der Waals surface area (Å²) in [6.07, 6.45) is 3.91. The molecule has 9 nitrogen and oxygen atoms in total. The lowest BCUT2D eigenvalue weighted by molar-refractivity contribution is 0.0686. The van der Waals surface area contributed by atoms with Crippen molar-refractivity contribution in [1.29, 1.82) is 0 Å². The van der Waals surface area contributed by atoms with Gasteiger partial charge in [0.2, 0.25) is 0 Å². The van der Waals surface area contributed by atoms with Gasteiger partial charge in [-0.25, -0.2) is 19.6 Å². The molecule has 0 radical (unpaired) electrons. The number of aromatic nitrogens is 5. The number of rotatable bonds is 5. The highest BCUT2D eigenvalue weighted by molar-refractivity contribution is 7.08. The van der Waals surface area contributed by atoms with E-state index in [1.807, 2.05) is 29.0 Å². The molecule has 0 aromatic carbocycles. The van der Waals surface area contributed by atoms with Gasteiger partial charge in [-0.1, -0.05) is 0 Å². The van der Waals surface area contributed by atoms with Crippen molar-refractivity contribution in [1.82, 2.24) is 28.6 Å². The monoisotopic (exact) mass is 424 g/mol. The number of thiophene rings is 1. The number of hydrogen-bond donors (Lipinski definition) is 1. The maximum Gasteiger partial charge on any atom is 0.354 e. The Bertz CT molecular complexity index is 1290. The van der Waals surface area contributed by atoms with Gasteiger partial charge in [0.15, 0.2) is 5.65 Å². The average Bonchev–Trinajstić information content (AvgIpc) is 3.49. The van der Waals surface area contributed by atoms with Crippen molar-refractivity contribution in [3.63, 3.8) is 0 Å². The fourth-order valence-electron chi connectivity index (χ4n) is 4.17. The summed E-state index contributed by atoms with van der Waals surface area (Å²) in [5.74, 6) is -0.298. The van der Waals surface area contributed by atoms with Crippen LogP contribution in [0.5, 0.6) is 0 Å². The highest BCUT2D eigenvalue weighted by atomic mass is 32.1. The summed E-state index contributed by atoms with van der Waals surface area (Å²) >= 11 is 1.55. The summed E-state index contributed by atoms with van der Waals surface area (Å²) in [5.41, 5.74) is 2.42. The Hall–Kier alpha value is -3.24. The topological polar surface area (TPSA) is 98.2 Å². The minimum absolute atomic E-state index is 0.00556. The number of fused-ring (bicyclic) bond motifs is 1. The molecule has 1 saturated heterocycles. The first-order chi connectivity index (χ1) is 14.5. The zero-order valence-electron chi connectivity index (χ0n) is 16.3. The summed E-state index contributed by atoms with van der Waals surface area (Å²) in [4.78, 5) is 35.6. The zero-order valence-corrected chi connectivity index (χ0v) is 17.1. The van der Waals surface area contributed by atoms with Gasteiger partial charge in [-0.2, -0.15) is 11.3 Å². The molecule has 0 amide bonds. The van der Waals surface area contributed by atoms with Crippen LogP contribution >= 0.6 is 11.3 Å². The highest BCUT2D eigenvalue weighted by Crippen LogP contribution is 2.26. The van der Waals surface area contributed by atoms with Gasteiger partial charge in [-0.05, 0) is 30.0 Å². The van der Waals surface area contributed by atoms with Crippen LogP contribution in [-0.4, -0.2) is 52.7 Å². The summed E-state index contributed by atoms with van der Waals surface area (Å²) < 4.78 is 5.12. The second-order valence-corrected chi connectivity index (χ2v) is 8.20. The number of carboxylic acids is 1. The van der Waals surface area contributed by atoms with Crippen LogP contribution in [0.2, 0.25) is 0 Å². The Labute approximate surface area is 175 Å². The minimum Gasteiger partial charge on any atom is -0.477 e. The molecule has 1 fully saturated rings. The fraction of sp³-hybridized carbons (Fsp3) is 0.300. The number of likely N-dealkylation sites (tertiary alicyclic amines) is 1. The Kier molecular flexibility index (Phi) is 4.52. The molecular weight excluding hydrogens is 404 g/mol. The molecule has 1 aliphatic rings. The summed E-state index contributed by atoms with van der Waals surface area (Å²) in [6, 6.07) is 5.70. The van der Waals surface area contributed by atoms with E-state index < -0.39 is 5.97 Å². The highest BCUT2D eigenvalue weighted by Gasteiger charge is 2.29. The molecule has 5 rings (SSSR count). The van der Waals surface area contributed by atoms with Crippen molar-refractivity contribution in [2.45, 2.75) is 19.0 Å². The molecule has 10 heteroatoms. The Morgan fingerprint density at radius 3 is 2.93 bits per heavy atom. The minimum atomic E-state index is -0.991. The van der Waals surface area contributed by atoms with Gasteiger partial charge in [0.1, 0.15) is 11.5 Å². The number of imidazole rings is 2. The van der Waals surface area contributed by atoms with Gasteiger partial charge < -0.3 is 9.67 Å². The van der Waals surface area contributed by atoms with Crippen LogP contribution in [0.25, 0.3) is 16.9 Å². The number of carboxylic acid groups (broad SMARTS) is 1. The predicted octanol–water partition coefficient (Wildman–Crippen LogP) is 2.13. The zero-order chi connectivity index (χ0) is 20.8. The predicted molar refractivity (Wildman–Crippen MR) is 112 cm³/mol. The van der Waals surface area contributed by atoms with E-state index in [0.29, 0.717) is 24.6 Å². The first kappa shape index (κ1) is 18.8. The van der Waals surface area contributed by atoms with Crippen molar-refractivity contribution in [3.05, 3.63) is 63.4 Å². The van der Waals surface area contributed by atoms with Crippen LogP contribution < -0.4 is 5.69 Å². The van der Waals surface area contributed by atoms with Crippen molar-refractivity contribution < 1.29 is 9.90 Å². The maximum atomic E-state index is 13.4. The summed E-state index contributed by atoms with van der Waals surface area (Å²) in [6.45, 7) is 2.00. The third-order valence-corrected chi connectivity index (χ3v) is 6.35. The van der Waals surface area contributed by atoms with Gasteiger partial charge in [0.25, 0.3) is 0 Å². The number of hydrogen-bond acceptors (Lipinski definition) is 6. The Balaban J connectivity index is 1.46. The third-order valence-electron chi connectivity index (χ3n) is 5.68. The van der Waals surface area contributed by atoms with E-state index >= 15 is 0 Å². The van der Waals surface area contributed by atoms with Crippen LogP contribution in [-0.2, 0) is 13.6 Å². The van der Waals surface area contributed by atoms with E-state index in [2.05, 4.69) is 14.9 Å². The molecule has 0 unspecified atom stereocenters. The lowest BCUT2D eigenvalue weighted by atomic mass is 10.2. The van der Waals surface area contributed by atoms with E-state index in [0.717, 1.165) is 24.2 Å². The van der Waals surface area contributed by atoms with Gasteiger partial charge in [-0.15, -0.1) is 0 Å². The number of carbonyl (C=O) groups is 1. The SMILES string of the molecule is Cn1c(C(=O)O)cnc1CN1CC[C@H](n2c(=O)n(-c3ccsc3)c3cccnc32)C1. The van der Waals surface area contributed by atoms with E-state index in [1.54, 1.807) is 38.3 Å². The first-order valence-electron chi connectivity index (χ1n) is 9.61. The van der Waals surface area contributed by atoms with Crippen LogP contribution in [0, 0.1) is 0 Å². The van der Waals surface area contributed by atoms with Crippen LogP contribution in [0.15, 0.2) is 46.1 Å². The molecule has 1 aliphatic heterocycles. The van der Waals surface area contributed by atoms with E-state index in [4.69, 9.17) is 0 Å². The van der Waals surface area contributed by atoms with Crippen molar-refractivity contribution in [2.75, 3.05) is 13.1 Å². The lowest BCUT2D eigenvalue weighted by Crippen LogP contribution is -2.29. The molecule has 0 aliphatic carbocycles. The fourth-order valence-corrected chi connectivity index (χ4v) is 4.79. The molecule has 4 aromatic heterocycles. The molecule has 0 bridgehead atoms. The maximum absolute atomic E-state index is 13.4. The van der Waals surface area contributed by atoms with Gasteiger partial charge >= 0.3 is 11.7 Å². The molecule has 30 heavy (non-hydrogen) atoms. The molecule has 154 valence electrons. The second-order valence-electron chi connectivity index (χ2n) is 7.42. The summed E-state index contributed by atoms with van der Waals surface area (Å²) in [7, 11) is 1.71. The number of aromatic carboxylic acids is 1. The largest absolute Gasteiger partial charge is 0.477 e. The lowest BCUT2D eigenvalue weighted by Gasteiger charge is -2.16. The van der Waals surface area contributed by atoms with E-state index in [9.17, 15) is 14.7 Å². The molecule has 1 atom stereocenters. The molecular formula is C20H20N6O3S. The first-order valence-corrected chi connectivity index (χ1v) is 10.6. The molecule has 0 spiro atoms. The van der Waals surface area contributed by atoms with Crippen LogP contribution in [0.1, 0.15) is 28.8 Å². The molecule has 5 heterocycles. The molecule has 0 saturated carbocycles. The van der Waals surface area contributed by atoms with Gasteiger partial charge in [0, 0.05) is 31.7 Å². The standard InChI is InChI=1S/C20H20N6O3S/c1-23-16(19(27)28)9-22-17(23)11-24-7-4-13(10-24)26-18-15(3-2-6-21-18)25(20(26)29)14-5-8-30-12-14/h2-3,5-6,8-9,12-13H,4,7,10-11H2,1H3,(H,27,28)/t13-/m0/s1. The van der Waals surface area contributed by atoms with E-state index in [1.165, 1.54) is 6.20 Å². The molecule has 1 N–H and O–H groups in total. The van der Waals surface area contributed by atoms with Crippen molar-refractivity contribution >= 4 is 28.5 Å². The van der Waals surface area contributed by atoms with Crippen LogP contribution in [0.3, 0.4) is 0 Å². The number of nitrogens with zero attached hydrogens (tertiary/aromatic N) is 6. The smallest absolute Gasteiger partial charge is 0.354 e. The van der Waals surface area contributed by atoms with Crippen LogP contribution in [0.4, 0.5) is 0 Å². The molecule has 4 aromatic rings. The van der Waals surface area contributed by atoms with Crippen molar-refractivity contribution in [2.24, 2.45) is 7.05 Å². The van der Waals surface area contributed by atoms with E-state index in [-0.39, 0.29) is 17.4 Å².